The van der Waals surface area contributed by atoms with E-state index in [2.05, 4.69) is 10.3 Å². The van der Waals surface area contributed by atoms with Gasteiger partial charge in [-0.1, -0.05) is 11.6 Å². The predicted octanol–water partition coefficient (Wildman–Crippen LogP) is 3.80. The topological polar surface area (TPSA) is 62.3 Å². The molecule has 7 heteroatoms. The maximum absolute atomic E-state index is 12.2. The van der Waals surface area contributed by atoms with E-state index in [-0.39, 0.29) is 17.3 Å². The van der Waals surface area contributed by atoms with Gasteiger partial charge in [-0.2, -0.15) is 0 Å². The third-order valence-electron chi connectivity index (χ3n) is 2.87. The standard InChI is InChI=1S/C13H7Cl2N3O2/c14-7-3-4-10-8(6-7)12(19)17-9-2-1-5-16-11(9)18(10)13(15)20/h1-6H,(H,17,19). The largest absolute Gasteiger partial charge is 0.326 e. The van der Waals surface area contributed by atoms with E-state index in [9.17, 15) is 9.59 Å². The maximum atomic E-state index is 12.2. The van der Waals surface area contributed by atoms with Crippen LogP contribution in [-0.2, 0) is 0 Å². The number of benzene rings is 1. The summed E-state index contributed by atoms with van der Waals surface area (Å²) in [6.07, 6.45) is 1.51. The van der Waals surface area contributed by atoms with Crippen molar-refractivity contribution in [1.82, 2.24) is 4.98 Å². The number of fused-ring (bicyclic) bond motifs is 2. The van der Waals surface area contributed by atoms with Crippen LogP contribution in [0.15, 0.2) is 36.5 Å². The normalized spacial score (nSPS) is 13.1. The van der Waals surface area contributed by atoms with Crippen LogP contribution in [0.25, 0.3) is 0 Å². The molecule has 1 aromatic carbocycles. The molecular formula is C13H7Cl2N3O2. The summed E-state index contributed by atoms with van der Waals surface area (Å²) in [5.74, 6) is -0.112. The van der Waals surface area contributed by atoms with Gasteiger partial charge in [0.2, 0.25) is 0 Å². The second-order valence-corrected chi connectivity index (χ2v) is 4.84. The molecule has 1 aliphatic rings. The van der Waals surface area contributed by atoms with Gasteiger partial charge in [0.25, 0.3) is 5.91 Å². The molecule has 0 fully saturated rings. The van der Waals surface area contributed by atoms with E-state index >= 15 is 0 Å². The molecule has 2 aromatic rings. The summed E-state index contributed by atoms with van der Waals surface area (Å²) in [5.41, 5.74) is 0.993. The predicted molar refractivity (Wildman–Crippen MR) is 77.0 cm³/mol. The van der Waals surface area contributed by atoms with E-state index in [4.69, 9.17) is 23.2 Å². The van der Waals surface area contributed by atoms with Crippen LogP contribution in [0.3, 0.4) is 0 Å². The maximum Gasteiger partial charge on any atom is 0.326 e. The molecule has 0 bridgehead atoms. The second-order valence-electron chi connectivity index (χ2n) is 4.08. The van der Waals surface area contributed by atoms with Gasteiger partial charge >= 0.3 is 5.37 Å². The number of pyridine rings is 1. The van der Waals surface area contributed by atoms with Crippen molar-refractivity contribution >= 4 is 51.7 Å². The lowest BCUT2D eigenvalue weighted by molar-refractivity contribution is 0.102. The van der Waals surface area contributed by atoms with Crippen molar-refractivity contribution in [3.05, 3.63) is 47.1 Å². The number of carbonyl (C=O) groups excluding carboxylic acids is 2. The Bertz CT molecular complexity index is 733. The number of hydrogen-bond acceptors (Lipinski definition) is 3. The van der Waals surface area contributed by atoms with Crippen molar-refractivity contribution in [2.24, 2.45) is 0 Å². The molecule has 1 aromatic heterocycles. The zero-order valence-corrected chi connectivity index (χ0v) is 11.4. The first-order valence-corrected chi connectivity index (χ1v) is 6.39. The van der Waals surface area contributed by atoms with Crippen molar-refractivity contribution in [1.29, 1.82) is 0 Å². The van der Waals surface area contributed by atoms with Gasteiger partial charge in [0.1, 0.15) is 0 Å². The van der Waals surface area contributed by atoms with E-state index in [0.29, 0.717) is 16.4 Å². The number of amides is 2. The van der Waals surface area contributed by atoms with Crippen LogP contribution < -0.4 is 10.2 Å². The van der Waals surface area contributed by atoms with Crippen molar-refractivity contribution in [3.63, 3.8) is 0 Å². The van der Waals surface area contributed by atoms with E-state index in [1.54, 1.807) is 24.3 Å². The molecule has 0 saturated heterocycles. The third kappa shape index (κ3) is 2.01. The number of carbonyl (C=O) groups is 2. The number of aromatic nitrogens is 1. The van der Waals surface area contributed by atoms with Crippen LogP contribution in [0.5, 0.6) is 0 Å². The average Bonchev–Trinajstić information content (AvgIpc) is 2.53. The van der Waals surface area contributed by atoms with Gasteiger partial charge in [0, 0.05) is 11.2 Å². The number of anilines is 3. The van der Waals surface area contributed by atoms with Crippen molar-refractivity contribution in [2.45, 2.75) is 0 Å². The quantitative estimate of drug-likeness (QED) is 0.595. The summed E-state index contributed by atoms with van der Waals surface area (Å²) >= 11 is 11.5. The summed E-state index contributed by atoms with van der Waals surface area (Å²) in [6, 6.07) is 7.90. The van der Waals surface area contributed by atoms with E-state index < -0.39 is 5.37 Å². The molecule has 2 amide bonds. The Balaban J connectivity index is 2.32. The van der Waals surface area contributed by atoms with Crippen LogP contribution in [0.4, 0.5) is 22.0 Å². The smallest absolute Gasteiger partial charge is 0.319 e. The SMILES string of the molecule is O=C1Nc2cccnc2N(C(=O)Cl)c2ccc(Cl)cc21. The van der Waals surface area contributed by atoms with Gasteiger partial charge in [0.15, 0.2) is 5.82 Å². The molecule has 0 spiro atoms. The second kappa shape index (κ2) is 4.77. The van der Waals surface area contributed by atoms with Gasteiger partial charge in [-0.15, -0.1) is 0 Å². The Hall–Kier alpha value is -2.11. The minimum Gasteiger partial charge on any atom is -0.319 e. The molecule has 0 atom stereocenters. The number of nitrogens with zero attached hydrogens (tertiary/aromatic N) is 2. The Morgan fingerprint density at radius 2 is 2.10 bits per heavy atom. The molecule has 0 radical (unpaired) electrons. The Kier molecular flexibility index (Phi) is 3.08. The lowest BCUT2D eigenvalue weighted by atomic mass is 10.1. The van der Waals surface area contributed by atoms with E-state index in [1.807, 2.05) is 0 Å². The minimum atomic E-state index is -0.759. The number of nitrogens with one attached hydrogen (secondary N) is 1. The molecule has 2 heterocycles. The van der Waals surface area contributed by atoms with Gasteiger partial charge in [-0.25, -0.2) is 9.88 Å². The fourth-order valence-corrected chi connectivity index (χ4v) is 2.38. The zero-order valence-electron chi connectivity index (χ0n) is 9.93. The molecule has 0 unspecified atom stereocenters. The summed E-state index contributed by atoms with van der Waals surface area (Å²) in [4.78, 5) is 29.2. The van der Waals surface area contributed by atoms with E-state index in [1.165, 1.54) is 17.2 Å². The highest BCUT2D eigenvalue weighted by Crippen LogP contribution is 2.37. The van der Waals surface area contributed by atoms with E-state index in [0.717, 1.165) is 0 Å². The van der Waals surface area contributed by atoms with Gasteiger partial charge in [-0.05, 0) is 41.9 Å². The van der Waals surface area contributed by atoms with Gasteiger partial charge < -0.3 is 5.32 Å². The highest BCUT2D eigenvalue weighted by atomic mass is 35.5. The van der Waals surface area contributed by atoms with Crippen LogP contribution in [0, 0.1) is 0 Å². The molecule has 0 saturated carbocycles. The molecule has 100 valence electrons. The molecular weight excluding hydrogens is 301 g/mol. The lowest BCUT2D eigenvalue weighted by Crippen LogP contribution is -2.21. The Morgan fingerprint density at radius 3 is 2.85 bits per heavy atom. The van der Waals surface area contributed by atoms with Gasteiger partial charge in [0.05, 0.1) is 16.9 Å². The fraction of sp³-hybridized carbons (Fsp3) is 0. The van der Waals surface area contributed by atoms with Crippen molar-refractivity contribution in [3.8, 4) is 0 Å². The molecule has 5 nitrogen and oxygen atoms in total. The summed E-state index contributed by atoms with van der Waals surface area (Å²) in [6.45, 7) is 0. The Morgan fingerprint density at radius 1 is 1.30 bits per heavy atom. The zero-order chi connectivity index (χ0) is 14.3. The highest BCUT2D eigenvalue weighted by molar-refractivity contribution is 6.67. The molecule has 1 N–H and O–H groups in total. The number of hydrogen-bond donors (Lipinski definition) is 1. The monoisotopic (exact) mass is 307 g/mol. The molecule has 1 aliphatic heterocycles. The van der Waals surface area contributed by atoms with Crippen molar-refractivity contribution < 1.29 is 9.59 Å². The average molecular weight is 308 g/mol. The summed E-state index contributed by atoms with van der Waals surface area (Å²) in [5, 5.41) is 2.31. The van der Waals surface area contributed by atoms with Crippen LogP contribution in [-0.4, -0.2) is 16.3 Å². The lowest BCUT2D eigenvalue weighted by Gasteiger charge is -2.19. The minimum absolute atomic E-state index is 0.254. The first-order valence-electron chi connectivity index (χ1n) is 5.63. The molecule has 20 heavy (non-hydrogen) atoms. The van der Waals surface area contributed by atoms with Crippen LogP contribution in [0.2, 0.25) is 5.02 Å². The first kappa shape index (κ1) is 12.9. The highest BCUT2D eigenvalue weighted by Gasteiger charge is 2.29. The fourth-order valence-electron chi connectivity index (χ4n) is 2.04. The molecule has 0 aliphatic carbocycles. The summed E-state index contributed by atoms with van der Waals surface area (Å²) in [7, 11) is 0. The third-order valence-corrected chi connectivity index (χ3v) is 3.27. The first-order chi connectivity index (χ1) is 9.58. The van der Waals surface area contributed by atoms with Gasteiger partial charge in [-0.3, -0.25) is 9.59 Å². The molecule has 3 rings (SSSR count). The number of rotatable bonds is 0. The Labute approximate surface area is 124 Å². The number of halogens is 2. The van der Waals surface area contributed by atoms with Crippen LogP contribution in [0.1, 0.15) is 10.4 Å². The van der Waals surface area contributed by atoms with Crippen molar-refractivity contribution in [2.75, 3.05) is 10.2 Å². The van der Waals surface area contributed by atoms with Crippen LogP contribution >= 0.6 is 23.2 Å². The summed E-state index contributed by atoms with van der Waals surface area (Å²) < 4.78 is 0.